The summed E-state index contributed by atoms with van der Waals surface area (Å²) in [5, 5.41) is 15.8. The van der Waals surface area contributed by atoms with Gasteiger partial charge in [0.2, 0.25) is 5.17 Å². The number of carbonyl (C=O) groups is 1. The summed E-state index contributed by atoms with van der Waals surface area (Å²) in [6.07, 6.45) is 8.57. The molecule has 3 rings (SSSR count). The van der Waals surface area contributed by atoms with Gasteiger partial charge in [-0.1, -0.05) is 60.7 Å². The molecule has 1 N–H and O–H groups in total. The summed E-state index contributed by atoms with van der Waals surface area (Å²) >= 11 is 4.80. The molecule has 2 aliphatic heterocycles. The molecule has 0 aliphatic carbocycles. The quantitative estimate of drug-likeness (QED) is 0.461. The number of benzene rings is 1. The van der Waals surface area contributed by atoms with Gasteiger partial charge in [0.15, 0.2) is 5.84 Å². The number of nitrogens with one attached hydrogen (secondary N) is 1. The summed E-state index contributed by atoms with van der Waals surface area (Å²) in [5.41, 5.74) is 1.12. The summed E-state index contributed by atoms with van der Waals surface area (Å²) in [6.45, 7) is 2.20. The molecular formula is C19H21BrN4OS. The number of halogens is 1. The third-order valence-electron chi connectivity index (χ3n) is 4.17. The second kappa shape index (κ2) is 8.77. The van der Waals surface area contributed by atoms with Crippen molar-refractivity contribution in [2.24, 2.45) is 10.1 Å². The van der Waals surface area contributed by atoms with E-state index < -0.39 is 0 Å². The minimum atomic E-state index is -0.379. The molecule has 0 saturated heterocycles. The van der Waals surface area contributed by atoms with Gasteiger partial charge in [0.05, 0.1) is 5.57 Å². The molecule has 0 saturated carbocycles. The van der Waals surface area contributed by atoms with Crippen LogP contribution in [-0.4, -0.2) is 27.0 Å². The number of unbranched alkanes of at least 4 members (excludes halogenated alkanes) is 4. The number of thioether (sulfide) groups is 1. The van der Waals surface area contributed by atoms with E-state index in [1.54, 1.807) is 6.08 Å². The number of hydrogen-bond donors (Lipinski definition) is 1. The zero-order chi connectivity index (χ0) is 18.5. The third kappa shape index (κ3) is 4.51. The highest BCUT2D eigenvalue weighted by Gasteiger charge is 2.35. The minimum Gasteiger partial charge on any atom is -0.282 e. The number of amidine groups is 2. The molecule has 0 bridgehead atoms. The third-order valence-corrected chi connectivity index (χ3v) is 5.67. The van der Waals surface area contributed by atoms with Crippen molar-refractivity contribution in [3.8, 4) is 0 Å². The summed E-state index contributed by atoms with van der Waals surface area (Å²) in [5.74, 6) is -0.285. The summed E-state index contributed by atoms with van der Waals surface area (Å²) in [7, 11) is 0. The van der Waals surface area contributed by atoms with E-state index in [2.05, 4.69) is 32.9 Å². The van der Waals surface area contributed by atoms with Crippen LogP contribution in [-0.2, 0) is 4.79 Å². The van der Waals surface area contributed by atoms with Gasteiger partial charge in [0, 0.05) is 4.47 Å². The van der Waals surface area contributed by atoms with Crippen LogP contribution in [0.2, 0.25) is 0 Å². The van der Waals surface area contributed by atoms with Crippen molar-refractivity contribution in [3.05, 3.63) is 39.9 Å². The van der Waals surface area contributed by atoms with Gasteiger partial charge < -0.3 is 0 Å². The van der Waals surface area contributed by atoms with Gasteiger partial charge in [-0.15, -0.1) is 0 Å². The standard InChI is InChI=1S/C19H21BrN4OS/c1-2-3-4-5-6-7-16-23-24-17(21)15(18(25)22-19(24)26-16)12-13-8-10-14(20)11-9-13/h8-12,21H,2-7H2,1H3/b15-12-,21-17?. The maximum atomic E-state index is 12.4. The smallest absolute Gasteiger partial charge is 0.282 e. The Morgan fingerprint density at radius 2 is 1.92 bits per heavy atom. The lowest BCUT2D eigenvalue weighted by Crippen LogP contribution is -2.35. The second-order valence-corrected chi connectivity index (χ2v) is 8.19. The van der Waals surface area contributed by atoms with Crippen LogP contribution in [0.1, 0.15) is 51.0 Å². The van der Waals surface area contributed by atoms with E-state index in [9.17, 15) is 4.79 Å². The van der Waals surface area contributed by atoms with Crippen LogP contribution in [0.15, 0.2) is 44.4 Å². The molecule has 136 valence electrons. The first-order valence-electron chi connectivity index (χ1n) is 8.83. The van der Waals surface area contributed by atoms with Gasteiger partial charge in [-0.2, -0.15) is 15.1 Å². The molecule has 7 heteroatoms. The van der Waals surface area contributed by atoms with Crippen molar-refractivity contribution >= 4 is 55.7 Å². The monoisotopic (exact) mass is 432 g/mol. The Balaban J connectivity index is 1.70. The van der Waals surface area contributed by atoms with E-state index in [0.717, 1.165) is 27.9 Å². The van der Waals surface area contributed by atoms with Crippen molar-refractivity contribution < 1.29 is 4.79 Å². The maximum absolute atomic E-state index is 12.4. The lowest BCUT2D eigenvalue weighted by molar-refractivity contribution is -0.114. The molecule has 2 aliphatic rings. The molecule has 26 heavy (non-hydrogen) atoms. The van der Waals surface area contributed by atoms with E-state index in [4.69, 9.17) is 5.41 Å². The van der Waals surface area contributed by atoms with Crippen molar-refractivity contribution in [3.63, 3.8) is 0 Å². The Labute approximate surface area is 166 Å². The number of amides is 1. The molecule has 1 aromatic rings. The Morgan fingerprint density at radius 1 is 1.19 bits per heavy atom. The van der Waals surface area contributed by atoms with Gasteiger partial charge in [0.25, 0.3) is 5.91 Å². The van der Waals surface area contributed by atoms with Gasteiger partial charge in [0.1, 0.15) is 5.04 Å². The Hall–Kier alpha value is -1.73. The van der Waals surface area contributed by atoms with Gasteiger partial charge in [-0.3, -0.25) is 10.2 Å². The van der Waals surface area contributed by atoms with E-state index in [1.807, 2.05) is 24.3 Å². The predicted octanol–water partition coefficient (Wildman–Crippen LogP) is 5.43. The van der Waals surface area contributed by atoms with E-state index in [0.29, 0.717) is 5.17 Å². The van der Waals surface area contributed by atoms with Crippen LogP contribution >= 0.6 is 27.7 Å². The van der Waals surface area contributed by atoms with Crippen LogP contribution in [0.25, 0.3) is 6.08 Å². The first kappa shape index (κ1) is 19.0. The number of carbonyl (C=O) groups excluding carboxylic acids is 1. The van der Waals surface area contributed by atoms with Crippen LogP contribution < -0.4 is 0 Å². The molecule has 0 fully saturated rings. The van der Waals surface area contributed by atoms with Gasteiger partial charge in [-0.25, -0.2) is 0 Å². The molecule has 0 radical (unpaired) electrons. The van der Waals surface area contributed by atoms with Gasteiger partial charge >= 0.3 is 0 Å². The van der Waals surface area contributed by atoms with Crippen molar-refractivity contribution in [1.29, 1.82) is 5.41 Å². The second-order valence-electron chi connectivity index (χ2n) is 6.23. The molecule has 1 amide bonds. The fourth-order valence-corrected chi connectivity index (χ4v) is 3.93. The van der Waals surface area contributed by atoms with Crippen LogP contribution in [0.4, 0.5) is 0 Å². The molecule has 0 spiro atoms. The average Bonchev–Trinajstić information content (AvgIpc) is 3.03. The highest BCUT2D eigenvalue weighted by Crippen LogP contribution is 2.30. The lowest BCUT2D eigenvalue weighted by atomic mass is 10.1. The molecule has 2 heterocycles. The average molecular weight is 433 g/mol. The molecule has 0 atom stereocenters. The fraction of sp³-hybridized carbons (Fsp3) is 0.368. The molecule has 5 nitrogen and oxygen atoms in total. The highest BCUT2D eigenvalue weighted by molar-refractivity contribution is 9.10. The summed E-state index contributed by atoms with van der Waals surface area (Å²) < 4.78 is 0.967. The largest absolute Gasteiger partial charge is 0.283 e. The van der Waals surface area contributed by atoms with Crippen LogP contribution in [0, 0.1) is 5.41 Å². The predicted molar refractivity (Wildman–Crippen MR) is 113 cm³/mol. The fourth-order valence-electron chi connectivity index (χ4n) is 2.74. The highest BCUT2D eigenvalue weighted by atomic mass is 79.9. The molecular weight excluding hydrogens is 412 g/mol. The topological polar surface area (TPSA) is 68.9 Å². The summed E-state index contributed by atoms with van der Waals surface area (Å²) in [6, 6.07) is 7.58. The van der Waals surface area contributed by atoms with Crippen molar-refractivity contribution in [1.82, 2.24) is 5.01 Å². The lowest BCUT2D eigenvalue weighted by Gasteiger charge is -2.20. The van der Waals surface area contributed by atoms with E-state index in [1.165, 1.54) is 42.5 Å². The Morgan fingerprint density at radius 3 is 2.65 bits per heavy atom. The van der Waals surface area contributed by atoms with E-state index in [-0.39, 0.29) is 17.3 Å². The normalized spacial score (nSPS) is 18.2. The Bertz CT molecular complexity index is 798. The number of hydrazone groups is 1. The molecule has 0 aromatic heterocycles. The molecule has 1 aromatic carbocycles. The van der Waals surface area contributed by atoms with E-state index >= 15 is 0 Å². The number of aliphatic imine (C=N–C) groups is 1. The number of rotatable bonds is 7. The minimum absolute atomic E-state index is 0.0939. The first-order valence-corrected chi connectivity index (χ1v) is 10.4. The number of nitrogens with zero attached hydrogens (tertiary/aromatic N) is 3. The maximum Gasteiger partial charge on any atom is 0.283 e. The number of fused-ring (bicyclic) bond motifs is 1. The summed E-state index contributed by atoms with van der Waals surface area (Å²) in [4.78, 5) is 16.5. The SMILES string of the molecule is CCCCCCCC1=NN2C(=N)/C(=C/c3ccc(Br)cc3)C(=O)N=C2S1. The van der Waals surface area contributed by atoms with Crippen LogP contribution in [0.3, 0.4) is 0 Å². The Kier molecular flexibility index (Phi) is 6.43. The van der Waals surface area contributed by atoms with Crippen LogP contribution in [0.5, 0.6) is 0 Å². The molecule has 0 unspecified atom stereocenters. The first-order chi connectivity index (χ1) is 12.6. The number of hydrogen-bond acceptors (Lipinski definition) is 4. The zero-order valence-electron chi connectivity index (χ0n) is 14.7. The van der Waals surface area contributed by atoms with Gasteiger partial charge in [-0.05, 0) is 48.4 Å². The van der Waals surface area contributed by atoms with Crippen molar-refractivity contribution in [2.45, 2.75) is 45.4 Å². The zero-order valence-corrected chi connectivity index (χ0v) is 17.1. The van der Waals surface area contributed by atoms with Crippen molar-refractivity contribution in [2.75, 3.05) is 0 Å².